The van der Waals surface area contributed by atoms with Crippen molar-refractivity contribution in [3.63, 3.8) is 0 Å². The number of sulfone groups is 1. The summed E-state index contributed by atoms with van der Waals surface area (Å²) in [7, 11) is -4.69. The molecule has 48 heavy (non-hydrogen) atoms. The molecular weight excluding hydrogens is 674 g/mol. The molecule has 0 bridgehead atoms. The topological polar surface area (TPSA) is 80.8 Å². The van der Waals surface area contributed by atoms with Crippen LogP contribution >= 0.6 is 0 Å². The molecule has 0 saturated carbocycles. The maximum absolute atomic E-state index is 15.0. The lowest BCUT2D eigenvalue weighted by atomic mass is 9.76. The molecule has 1 fully saturated rings. The molecule has 0 N–H and O–H groups in total. The Kier molecular flexibility index (Phi) is 8.83. The summed E-state index contributed by atoms with van der Waals surface area (Å²) in [6.45, 7) is 5.00. The van der Waals surface area contributed by atoms with Gasteiger partial charge in [-0.2, -0.15) is 26.3 Å². The summed E-state index contributed by atoms with van der Waals surface area (Å²) in [4.78, 5) is 27.3. The second kappa shape index (κ2) is 11.8. The van der Waals surface area contributed by atoms with Crippen molar-refractivity contribution < 1.29 is 57.9 Å². The Balaban J connectivity index is 1.58. The Morgan fingerprint density at radius 3 is 2.15 bits per heavy atom. The van der Waals surface area contributed by atoms with Crippen LogP contribution in [-0.2, 0) is 41.0 Å². The molecule has 15 heteroatoms. The fourth-order valence-electron chi connectivity index (χ4n) is 7.13. The average Bonchev–Trinajstić information content (AvgIpc) is 3.40. The first kappa shape index (κ1) is 35.8. The van der Waals surface area contributed by atoms with Gasteiger partial charge in [0.2, 0.25) is 5.91 Å². The van der Waals surface area contributed by atoms with Crippen LogP contribution in [0.3, 0.4) is 0 Å². The largest absolute Gasteiger partial charge is 0.460 e. The van der Waals surface area contributed by atoms with Crippen molar-refractivity contribution in [1.29, 1.82) is 0 Å². The Morgan fingerprint density at radius 1 is 0.917 bits per heavy atom. The molecule has 1 heterocycles. The average molecular weight is 708 g/mol. The van der Waals surface area contributed by atoms with Crippen molar-refractivity contribution in [3.8, 4) is 0 Å². The van der Waals surface area contributed by atoms with E-state index in [4.69, 9.17) is 4.74 Å². The number of rotatable bonds is 5. The van der Waals surface area contributed by atoms with Gasteiger partial charge in [-0.25, -0.2) is 17.2 Å². The number of hydrogen-bond acceptors (Lipinski definition) is 5. The highest BCUT2D eigenvalue weighted by atomic mass is 32.2. The second-order valence-corrected chi connectivity index (χ2v) is 15.6. The summed E-state index contributed by atoms with van der Waals surface area (Å²) in [5, 5.41) is 0. The Bertz CT molecular complexity index is 1750. The highest BCUT2D eigenvalue weighted by Gasteiger charge is 2.74. The SMILES string of the molecule is CC(C)(C)OC(=O)[C@@H]1CC=C(C(=O)N2CCC3(S(=O)(=O)c4cccc(F)c4)c4ccc(C(F)(C(F)(F)F)C(F)(F)F)cc4CCC23)CC1. The summed E-state index contributed by atoms with van der Waals surface area (Å²) in [6.07, 6.45) is -11.3. The number of benzene rings is 2. The molecule has 0 radical (unpaired) electrons. The predicted octanol–water partition coefficient (Wildman–Crippen LogP) is 7.40. The zero-order valence-corrected chi connectivity index (χ0v) is 27.0. The van der Waals surface area contributed by atoms with Crippen LogP contribution in [-0.4, -0.2) is 55.7 Å². The summed E-state index contributed by atoms with van der Waals surface area (Å²) in [6, 6.07) is 4.24. The summed E-state index contributed by atoms with van der Waals surface area (Å²) in [5.41, 5.74) is -8.33. The molecule has 5 rings (SSSR count). The Morgan fingerprint density at radius 2 is 1.58 bits per heavy atom. The van der Waals surface area contributed by atoms with E-state index in [1.54, 1.807) is 26.8 Å². The van der Waals surface area contributed by atoms with Gasteiger partial charge in [0.1, 0.15) is 16.2 Å². The zero-order valence-electron chi connectivity index (χ0n) is 26.1. The van der Waals surface area contributed by atoms with Crippen molar-refractivity contribution in [2.75, 3.05) is 6.54 Å². The van der Waals surface area contributed by atoms with Crippen LogP contribution in [0.25, 0.3) is 0 Å². The van der Waals surface area contributed by atoms with Crippen molar-refractivity contribution in [2.24, 2.45) is 5.92 Å². The van der Waals surface area contributed by atoms with Crippen molar-refractivity contribution in [3.05, 3.63) is 76.6 Å². The van der Waals surface area contributed by atoms with Gasteiger partial charge in [0.25, 0.3) is 0 Å². The first-order valence-corrected chi connectivity index (χ1v) is 16.7. The molecule has 0 aromatic heterocycles. The van der Waals surface area contributed by atoms with Gasteiger partial charge in [-0.05, 0) is 88.6 Å². The molecule has 0 spiro atoms. The maximum Gasteiger partial charge on any atom is 0.435 e. The van der Waals surface area contributed by atoms with E-state index in [0.717, 1.165) is 30.3 Å². The molecule has 2 aromatic rings. The smallest absolute Gasteiger partial charge is 0.435 e. The summed E-state index contributed by atoms with van der Waals surface area (Å²) >= 11 is 0. The number of hydrogen-bond donors (Lipinski definition) is 0. The molecule has 2 unspecified atom stereocenters. The number of allylic oxidation sites excluding steroid dienone is 1. The first-order valence-electron chi connectivity index (χ1n) is 15.2. The van der Waals surface area contributed by atoms with Crippen LogP contribution in [0.4, 0.5) is 35.1 Å². The number of carbonyl (C=O) groups is 2. The summed E-state index contributed by atoms with van der Waals surface area (Å²) < 4.78 is 143. The minimum atomic E-state index is -6.38. The van der Waals surface area contributed by atoms with Gasteiger partial charge in [0.15, 0.2) is 9.84 Å². The Labute approximate surface area is 272 Å². The minimum absolute atomic E-state index is 0.162. The van der Waals surface area contributed by atoms with Crippen LogP contribution < -0.4 is 0 Å². The van der Waals surface area contributed by atoms with E-state index in [2.05, 4.69) is 0 Å². The van der Waals surface area contributed by atoms with Gasteiger partial charge < -0.3 is 9.64 Å². The zero-order chi connectivity index (χ0) is 35.7. The number of carbonyl (C=O) groups excluding carboxylic acids is 2. The third kappa shape index (κ3) is 5.79. The molecule has 2 aromatic carbocycles. The lowest BCUT2D eigenvalue weighted by molar-refractivity contribution is -0.348. The number of aryl methyl sites for hydroxylation is 1. The number of nitrogens with zero attached hydrogens (tertiary/aromatic N) is 1. The fourth-order valence-corrected chi connectivity index (χ4v) is 9.53. The van der Waals surface area contributed by atoms with E-state index in [9.17, 15) is 48.7 Å². The van der Waals surface area contributed by atoms with Crippen molar-refractivity contribution in [2.45, 2.75) is 98.6 Å². The number of amides is 1. The van der Waals surface area contributed by atoms with Gasteiger partial charge in [-0.3, -0.25) is 9.59 Å². The summed E-state index contributed by atoms with van der Waals surface area (Å²) in [5.74, 6) is -2.37. The lowest BCUT2D eigenvalue weighted by Crippen LogP contribution is -2.53. The van der Waals surface area contributed by atoms with Crippen LogP contribution in [0.15, 0.2) is 59.0 Å². The van der Waals surface area contributed by atoms with Gasteiger partial charge in [0.05, 0.1) is 16.9 Å². The van der Waals surface area contributed by atoms with Crippen molar-refractivity contribution >= 4 is 21.7 Å². The number of fused-ring (bicyclic) bond motifs is 3. The number of esters is 1. The molecule has 1 saturated heterocycles. The normalized spacial score (nSPS) is 23.6. The van der Waals surface area contributed by atoms with Crippen LogP contribution in [0.1, 0.15) is 69.6 Å². The lowest BCUT2D eigenvalue weighted by Gasteiger charge is -2.43. The van der Waals surface area contributed by atoms with Crippen molar-refractivity contribution in [1.82, 2.24) is 4.90 Å². The molecule has 3 aliphatic rings. The first-order chi connectivity index (χ1) is 22.0. The van der Waals surface area contributed by atoms with E-state index in [1.807, 2.05) is 0 Å². The molecule has 6 nitrogen and oxygen atoms in total. The van der Waals surface area contributed by atoms with Crippen LogP contribution in [0.5, 0.6) is 0 Å². The maximum atomic E-state index is 15.0. The monoisotopic (exact) mass is 707 g/mol. The predicted molar refractivity (Wildman–Crippen MR) is 156 cm³/mol. The number of ether oxygens (including phenoxy) is 1. The van der Waals surface area contributed by atoms with E-state index < -0.39 is 78.3 Å². The third-order valence-corrected chi connectivity index (χ3v) is 11.9. The second-order valence-electron chi connectivity index (χ2n) is 13.4. The molecule has 3 atom stereocenters. The molecular formula is C33H33F8NO5S. The number of likely N-dealkylation sites (tertiary alicyclic amines) is 1. The van der Waals surface area contributed by atoms with Crippen LogP contribution in [0.2, 0.25) is 0 Å². The Hall–Kier alpha value is -3.49. The highest BCUT2D eigenvalue weighted by Crippen LogP contribution is 2.57. The molecule has 1 amide bonds. The van der Waals surface area contributed by atoms with Gasteiger partial charge in [0, 0.05) is 17.7 Å². The minimum Gasteiger partial charge on any atom is -0.460 e. The van der Waals surface area contributed by atoms with E-state index in [-0.39, 0.29) is 62.3 Å². The van der Waals surface area contributed by atoms with Gasteiger partial charge in [-0.1, -0.05) is 30.3 Å². The molecule has 2 aliphatic carbocycles. The van der Waals surface area contributed by atoms with Gasteiger partial charge >= 0.3 is 24.0 Å². The molecule has 1 aliphatic heterocycles. The standard InChI is InChI=1S/C33H33F8NO5S/c1-29(2,3)47-28(44)20-9-7-19(8-10-20)27(43)42-16-15-30(48(45,46)24-6-4-5-23(34)18-24)25-13-12-22(17-21(25)11-14-26(30)42)31(35,32(36,37)38)33(39,40)41/h4-7,12-13,17-18,20,26H,8-11,14-16H2,1-3H3/t20-,26?,30?/m1/s1. The van der Waals surface area contributed by atoms with E-state index in [1.165, 1.54) is 4.90 Å². The number of alkyl halides is 7. The van der Waals surface area contributed by atoms with E-state index in [0.29, 0.717) is 11.6 Å². The quantitative estimate of drug-likeness (QED) is 0.239. The van der Waals surface area contributed by atoms with Gasteiger partial charge in [-0.15, -0.1) is 0 Å². The third-order valence-electron chi connectivity index (χ3n) is 9.34. The highest BCUT2D eigenvalue weighted by molar-refractivity contribution is 7.92. The van der Waals surface area contributed by atoms with Crippen LogP contribution in [0, 0.1) is 11.7 Å². The molecule has 262 valence electrons. The van der Waals surface area contributed by atoms with E-state index >= 15 is 4.39 Å². The fraction of sp³-hybridized carbons (Fsp3) is 0.515. The number of halogens is 8.